The van der Waals surface area contributed by atoms with Crippen LogP contribution in [0.2, 0.25) is 0 Å². The third-order valence-electron chi connectivity index (χ3n) is 11.3. The van der Waals surface area contributed by atoms with Gasteiger partial charge in [0, 0.05) is 59.1 Å². The highest BCUT2D eigenvalue weighted by Gasteiger charge is 2.42. The van der Waals surface area contributed by atoms with Gasteiger partial charge in [-0.3, -0.25) is 9.80 Å². The molecule has 4 aromatic carbocycles. The van der Waals surface area contributed by atoms with E-state index in [1.165, 1.54) is 16.7 Å². The standard InChI is InChI=1S/C40H44N2O8/c1-41-13-11-21-16-29(46-5)38(48-7)35-31(21)24(41)15-20-9-10-26(44-3)40(33(20)35)50-27-19-28(45-4)37(43)34-23(27)18-25-32-22(12-14-42(25)2)17-30(47-6)39(49-8)36(32)34/h9-10,16-17,19,24-25,43H,11-15,18H2,1-8H3. The lowest BCUT2D eigenvalue weighted by atomic mass is 9.75. The molecule has 2 unspecified atom stereocenters. The van der Waals surface area contributed by atoms with Gasteiger partial charge in [0.05, 0.1) is 42.7 Å². The van der Waals surface area contributed by atoms with Gasteiger partial charge in [0.15, 0.2) is 46.0 Å². The van der Waals surface area contributed by atoms with Crippen LogP contribution in [0.3, 0.4) is 0 Å². The number of benzene rings is 4. The second-order valence-corrected chi connectivity index (χ2v) is 13.5. The molecular formula is C40H44N2O8. The summed E-state index contributed by atoms with van der Waals surface area (Å²) in [7, 11) is 14.2. The highest BCUT2D eigenvalue weighted by Crippen LogP contribution is 2.61. The number of likely N-dealkylation sites (N-methyl/N-ethyl adjacent to an activating group) is 2. The molecule has 10 heteroatoms. The minimum Gasteiger partial charge on any atom is -0.504 e. The average molecular weight is 681 g/mol. The van der Waals surface area contributed by atoms with Crippen molar-refractivity contribution in [2.24, 2.45) is 0 Å². The molecule has 2 heterocycles. The maximum Gasteiger partial charge on any atom is 0.177 e. The molecule has 0 bridgehead atoms. The molecule has 4 aliphatic rings. The molecule has 262 valence electrons. The molecule has 0 saturated carbocycles. The molecular weight excluding hydrogens is 636 g/mol. The number of rotatable bonds is 8. The summed E-state index contributed by atoms with van der Waals surface area (Å²) < 4.78 is 43.0. The number of fused-ring (bicyclic) bond motifs is 4. The Balaban J connectivity index is 1.41. The van der Waals surface area contributed by atoms with Crippen LogP contribution in [0.4, 0.5) is 0 Å². The van der Waals surface area contributed by atoms with E-state index in [0.29, 0.717) is 58.0 Å². The topological polar surface area (TPSA) is 91.3 Å². The fraction of sp³-hybridized carbons (Fsp3) is 0.400. The predicted octanol–water partition coefficient (Wildman–Crippen LogP) is 6.74. The van der Waals surface area contributed by atoms with E-state index in [2.05, 4.69) is 42.1 Å². The quantitative estimate of drug-likeness (QED) is 0.216. The Labute approximate surface area is 293 Å². The van der Waals surface area contributed by atoms with Gasteiger partial charge in [-0.1, -0.05) is 6.07 Å². The van der Waals surface area contributed by atoms with Crippen molar-refractivity contribution < 1.29 is 38.3 Å². The molecule has 4 aromatic rings. The largest absolute Gasteiger partial charge is 0.504 e. The van der Waals surface area contributed by atoms with Crippen LogP contribution >= 0.6 is 0 Å². The van der Waals surface area contributed by atoms with Crippen LogP contribution in [0.15, 0.2) is 30.3 Å². The van der Waals surface area contributed by atoms with Crippen LogP contribution in [0, 0.1) is 0 Å². The molecule has 50 heavy (non-hydrogen) atoms. The first kappa shape index (κ1) is 32.4. The molecule has 1 N–H and O–H groups in total. The van der Waals surface area contributed by atoms with Crippen molar-refractivity contribution in [3.05, 3.63) is 63.7 Å². The summed E-state index contributed by atoms with van der Waals surface area (Å²) >= 11 is 0. The normalized spacial score (nSPS) is 18.6. The number of methoxy groups -OCH3 is 6. The minimum absolute atomic E-state index is 0.0320. The molecule has 2 aliphatic carbocycles. The van der Waals surface area contributed by atoms with Crippen molar-refractivity contribution in [2.75, 3.05) is 69.8 Å². The highest BCUT2D eigenvalue weighted by molar-refractivity contribution is 5.92. The van der Waals surface area contributed by atoms with Gasteiger partial charge >= 0.3 is 0 Å². The number of hydrogen-bond donors (Lipinski definition) is 1. The van der Waals surface area contributed by atoms with Gasteiger partial charge < -0.3 is 38.3 Å². The first-order valence-corrected chi connectivity index (χ1v) is 17.1. The number of hydrogen-bond acceptors (Lipinski definition) is 10. The van der Waals surface area contributed by atoms with E-state index in [9.17, 15) is 5.11 Å². The molecule has 0 spiro atoms. The molecule has 2 aliphatic heterocycles. The molecule has 0 radical (unpaired) electrons. The number of aromatic hydroxyl groups is 1. The Bertz CT molecular complexity index is 2040. The summed E-state index contributed by atoms with van der Waals surface area (Å²) in [6.07, 6.45) is 3.17. The SMILES string of the molecule is COc1cc(Oc2c(OC)ccc3c2-c2c(OC)c(OC)cc4c2C(C3)N(C)CC4)c2c(c1O)-c1c(OC)c(OC)cc3c1C(C2)N(C)CC3. The zero-order chi connectivity index (χ0) is 35.0. The molecule has 0 fully saturated rings. The molecule has 2 atom stereocenters. The summed E-state index contributed by atoms with van der Waals surface area (Å²) in [5.74, 6) is 4.58. The van der Waals surface area contributed by atoms with Crippen LogP contribution in [0.1, 0.15) is 45.5 Å². The van der Waals surface area contributed by atoms with Crippen LogP contribution < -0.4 is 33.2 Å². The lowest BCUT2D eigenvalue weighted by Gasteiger charge is -2.41. The van der Waals surface area contributed by atoms with Crippen molar-refractivity contribution in [1.29, 1.82) is 0 Å². The third-order valence-corrected chi connectivity index (χ3v) is 11.3. The Hall–Kier alpha value is -4.80. The van der Waals surface area contributed by atoms with Crippen LogP contribution in [-0.2, 0) is 25.7 Å². The molecule has 0 amide bonds. The van der Waals surface area contributed by atoms with E-state index >= 15 is 0 Å². The number of nitrogens with zero attached hydrogens (tertiary/aromatic N) is 2. The number of phenols is 1. The Kier molecular flexibility index (Phi) is 7.91. The minimum atomic E-state index is 0.0320. The van der Waals surface area contributed by atoms with E-state index < -0.39 is 0 Å². The van der Waals surface area contributed by atoms with Crippen molar-refractivity contribution in [3.63, 3.8) is 0 Å². The Morgan fingerprint density at radius 2 is 1.08 bits per heavy atom. The van der Waals surface area contributed by atoms with Crippen molar-refractivity contribution in [3.8, 4) is 74.0 Å². The van der Waals surface area contributed by atoms with E-state index in [1.807, 2.05) is 6.07 Å². The van der Waals surface area contributed by atoms with Gasteiger partial charge in [0.2, 0.25) is 0 Å². The molecule has 8 rings (SSSR count). The van der Waals surface area contributed by atoms with E-state index in [-0.39, 0.29) is 17.8 Å². The van der Waals surface area contributed by atoms with Crippen LogP contribution in [0.25, 0.3) is 22.3 Å². The van der Waals surface area contributed by atoms with Gasteiger partial charge in [-0.2, -0.15) is 0 Å². The highest BCUT2D eigenvalue weighted by atomic mass is 16.5. The van der Waals surface area contributed by atoms with Gasteiger partial charge in [-0.25, -0.2) is 0 Å². The Morgan fingerprint density at radius 1 is 0.540 bits per heavy atom. The molecule has 10 nitrogen and oxygen atoms in total. The van der Waals surface area contributed by atoms with Gasteiger partial charge in [-0.05, 0) is 85.8 Å². The molecule has 0 saturated heterocycles. The van der Waals surface area contributed by atoms with Crippen molar-refractivity contribution in [1.82, 2.24) is 9.80 Å². The Morgan fingerprint density at radius 3 is 1.62 bits per heavy atom. The maximum absolute atomic E-state index is 11.9. The average Bonchev–Trinajstić information content (AvgIpc) is 3.14. The zero-order valence-corrected chi connectivity index (χ0v) is 30.0. The fourth-order valence-corrected chi connectivity index (χ4v) is 8.86. The molecule has 0 aromatic heterocycles. The second-order valence-electron chi connectivity index (χ2n) is 13.5. The summed E-state index contributed by atoms with van der Waals surface area (Å²) in [5, 5.41) is 11.9. The maximum atomic E-state index is 11.9. The zero-order valence-electron chi connectivity index (χ0n) is 30.0. The smallest absolute Gasteiger partial charge is 0.177 e. The summed E-state index contributed by atoms with van der Waals surface area (Å²) in [6.45, 7) is 1.84. The summed E-state index contributed by atoms with van der Waals surface area (Å²) in [4.78, 5) is 4.78. The summed E-state index contributed by atoms with van der Waals surface area (Å²) in [5.41, 5.74) is 10.1. The first-order chi connectivity index (χ1) is 24.3. The van der Waals surface area contributed by atoms with E-state index in [4.69, 9.17) is 33.2 Å². The van der Waals surface area contributed by atoms with Crippen molar-refractivity contribution in [2.45, 2.75) is 37.8 Å². The van der Waals surface area contributed by atoms with Crippen LogP contribution in [-0.4, -0.2) is 84.7 Å². The van der Waals surface area contributed by atoms with Gasteiger partial charge in [0.25, 0.3) is 0 Å². The monoisotopic (exact) mass is 680 g/mol. The van der Waals surface area contributed by atoms with E-state index in [0.717, 1.165) is 65.7 Å². The third kappa shape index (κ3) is 4.54. The lowest BCUT2D eigenvalue weighted by Crippen LogP contribution is -2.36. The van der Waals surface area contributed by atoms with Gasteiger partial charge in [0.1, 0.15) is 5.75 Å². The first-order valence-electron chi connectivity index (χ1n) is 17.1. The van der Waals surface area contributed by atoms with Crippen molar-refractivity contribution >= 4 is 0 Å². The predicted molar refractivity (Wildman–Crippen MR) is 190 cm³/mol. The lowest BCUT2D eigenvalue weighted by molar-refractivity contribution is 0.224. The second kappa shape index (κ2) is 12.2. The van der Waals surface area contributed by atoms with Crippen LogP contribution in [0.5, 0.6) is 51.7 Å². The number of phenolic OH excluding ortho intramolecular Hbond substituents is 1. The van der Waals surface area contributed by atoms with Gasteiger partial charge in [-0.15, -0.1) is 0 Å². The number of ether oxygens (including phenoxy) is 7. The van der Waals surface area contributed by atoms with E-state index in [1.54, 1.807) is 48.7 Å². The fourth-order valence-electron chi connectivity index (χ4n) is 8.86. The summed E-state index contributed by atoms with van der Waals surface area (Å²) in [6, 6.07) is 10.3.